The molecule has 0 aliphatic rings. The molecule has 0 fully saturated rings. The predicted octanol–water partition coefficient (Wildman–Crippen LogP) is 3.49. The van der Waals surface area contributed by atoms with Crippen molar-refractivity contribution in [2.45, 2.75) is 0 Å². The van der Waals surface area contributed by atoms with Gasteiger partial charge in [0.15, 0.2) is 0 Å². The first-order valence-corrected chi connectivity index (χ1v) is 5.97. The predicted molar refractivity (Wildman–Crippen MR) is 70.4 cm³/mol. The van der Waals surface area contributed by atoms with Crippen LogP contribution in [0, 0.1) is 0 Å². The highest BCUT2D eigenvalue weighted by Gasteiger charge is 2.08. The topological polar surface area (TPSA) is 38.0 Å². The van der Waals surface area contributed by atoms with E-state index in [9.17, 15) is 5.11 Å². The summed E-state index contributed by atoms with van der Waals surface area (Å²) in [6.07, 6.45) is 1.78. The standard InChI is InChI=1S/C13H9BrN2O/c14-10-5-6-11-9(7-10)8-15-16(11)12-3-1-2-4-13(12)17/h1-8,17H. The van der Waals surface area contributed by atoms with Crippen molar-refractivity contribution in [3.63, 3.8) is 0 Å². The first-order valence-electron chi connectivity index (χ1n) is 5.17. The Kier molecular flexibility index (Phi) is 2.37. The van der Waals surface area contributed by atoms with Gasteiger partial charge >= 0.3 is 0 Å². The number of halogens is 1. The number of para-hydroxylation sites is 2. The summed E-state index contributed by atoms with van der Waals surface area (Å²) in [5, 5.41) is 15.2. The molecule has 84 valence electrons. The second kappa shape index (κ2) is 3.89. The van der Waals surface area contributed by atoms with E-state index in [1.807, 2.05) is 30.3 Å². The number of rotatable bonds is 1. The zero-order valence-electron chi connectivity index (χ0n) is 8.84. The number of hydrogen-bond acceptors (Lipinski definition) is 2. The maximum Gasteiger partial charge on any atom is 0.141 e. The molecule has 0 aliphatic heterocycles. The number of nitrogens with zero attached hydrogens (tertiary/aromatic N) is 2. The van der Waals surface area contributed by atoms with Crippen LogP contribution in [0.5, 0.6) is 5.75 Å². The van der Waals surface area contributed by atoms with Gasteiger partial charge in [-0.1, -0.05) is 28.1 Å². The zero-order chi connectivity index (χ0) is 11.8. The molecule has 0 atom stereocenters. The third-order valence-electron chi connectivity index (χ3n) is 2.64. The van der Waals surface area contributed by atoms with Crippen LogP contribution in [0.4, 0.5) is 0 Å². The van der Waals surface area contributed by atoms with Crippen molar-refractivity contribution in [1.82, 2.24) is 9.78 Å². The molecule has 4 heteroatoms. The van der Waals surface area contributed by atoms with Crippen LogP contribution in [0.15, 0.2) is 53.1 Å². The van der Waals surface area contributed by atoms with Gasteiger partial charge in [-0.3, -0.25) is 0 Å². The Morgan fingerprint density at radius 3 is 2.76 bits per heavy atom. The normalized spacial score (nSPS) is 10.9. The summed E-state index contributed by atoms with van der Waals surface area (Å²) in [6, 6.07) is 13.1. The highest BCUT2D eigenvalue weighted by molar-refractivity contribution is 9.10. The lowest BCUT2D eigenvalue weighted by molar-refractivity contribution is 0.471. The van der Waals surface area contributed by atoms with Crippen LogP contribution in [0.2, 0.25) is 0 Å². The van der Waals surface area contributed by atoms with Crippen LogP contribution in [0.3, 0.4) is 0 Å². The molecule has 17 heavy (non-hydrogen) atoms. The van der Waals surface area contributed by atoms with Crippen molar-refractivity contribution in [3.8, 4) is 11.4 Å². The van der Waals surface area contributed by atoms with Gasteiger partial charge in [-0.15, -0.1) is 0 Å². The minimum atomic E-state index is 0.223. The number of fused-ring (bicyclic) bond motifs is 1. The molecule has 0 bridgehead atoms. The highest BCUT2D eigenvalue weighted by atomic mass is 79.9. The van der Waals surface area contributed by atoms with E-state index in [4.69, 9.17) is 0 Å². The molecule has 0 unspecified atom stereocenters. The molecular weight excluding hydrogens is 280 g/mol. The number of benzene rings is 2. The van der Waals surface area contributed by atoms with Gasteiger partial charge in [-0.05, 0) is 30.3 Å². The molecular formula is C13H9BrN2O. The van der Waals surface area contributed by atoms with E-state index < -0.39 is 0 Å². The quantitative estimate of drug-likeness (QED) is 0.744. The Labute approximate surface area is 106 Å². The van der Waals surface area contributed by atoms with Crippen molar-refractivity contribution in [3.05, 3.63) is 53.1 Å². The Morgan fingerprint density at radius 2 is 1.94 bits per heavy atom. The Hall–Kier alpha value is -1.81. The third-order valence-corrected chi connectivity index (χ3v) is 3.13. The lowest BCUT2D eigenvalue weighted by atomic mass is 10.2. The van der Waals surface area contributed by atoms with E-state index >= 15 is 0 Å². The highest BCUT2D eigenvalue weighted by Crippen LogP contribution is 2.26. The number of phenolic OH excluding ortho intramolecular Hbond substituents is 1. The first kappa shape index (κ1) is 10.4. The lowest BCUT2D eigenvalue weighted by Gasteiger charge is -2.05. The van der Waals surface area contributed by atoms with E-state index in [0.29, 0.717) is 5.69 Å². The molecule has 1 aromatic heterocycles. The van der Waals surface area contributed by atoms with Crippen molar-refractivity contribution in [2.24, 2.45) is 0 Å². The second-order valence-corrected chi connectivity index (χ2v) is 4.66. The molecule has 0 amide bonds. The van der Waals surface area contributed by atoms with Crippen molar-refractivity contribution >= 4 is 26.8 Å². The summed E-state index contributed by atoms with van der Waals surface area (Å²) in [5.74, 6) is 0.223. The van der Waals surface area contributed by atoms with Gasteiger partial charge < -0.3 is 5.11 Å². The monoisotopic (exact) mass is 288 g/mol. The fourth-order valence-electron chi connectivity index (χ4n) is 1.84. The summed E-state index contributed by atoms with van der Waals surface area (Å²) in [6.45, 7) is 0. The van der Waals surface area contributed by atoms with Crippen LogP contribution in [0.25, 0.3) is 16.6 Å². The minimum absolute atomic E-state index is 0.223. The number of hydrogen-bond donors (Lipinski definition) is 1. The average molecular weight is 289 g/mol. The van der Waals surface area contributed by atoms with Gasteiger partial charge in [0.2, 0.25) is 0 Å². The molecule has 3 aromatic rings. The molecule has 3 nitrogen and oxygen atoms in total. The van der Waals surface area contributed by atoms with Crippen LogP contribution < -0.4 is 0 Å². The maximum atomic E-state index is 9.83. The number of aromatic nitrogens is 2. The number of phenols is 1. The van der Waals surface area contributed by atoms with Crippen LogP contribution >= 0.6 is 15.9 Å². The van der Waals surface area contributed by atoms with E-state index in [-0.39, 0.29) is 5.75 Å². The van der Waals surface area contributed by atoms with Crippen LogP contribution in [-0.4, -0.2) is 14.9 Å². The van der Waals surface area contributed by atoms with Gasteiger partial charge in [-0.2, -0.15) is 5.10 Å². The number of aromatic hydroxyl groups is 1. The molecule has 0 saturated heterocycles. The Morgan fingerprint density at radius 1 is 1.12 bits per heavy atom. The molecule has 1 N–H and O–H groups in total. The Bertz CT molecular complexity index is 691. The second-order valence-electron chi connectivity index (χ2n) is 3.75. The Balaban J connectivity index is 2.29. The zero-order valence-corrected chi connectivity index (χ0v) is 10.4. The first-order chi connectivity index (χ1) is 8.25. The molecule has 1 heterocycles. The smallest absolute Gasteiger partial charge is 0.141 e. The lowest BCUT2D eigenvalue weighted by Crippen LogP contribution is -1.95. The van der Waals surface area contributed by atoms with E-state index in [1.54, 1.807) is 23.0 Å². The van der Waals surface area contributed by atoms with Crippen LogP contribution in [0.1, 0.15) is 0 Å². The van der Waals surface area contributed by atoms with E-state index in [1.165, 1.54) is 0 Å². The summed E-state index contributed by atoms with van der Waals surface area (Å²) in [7, 11) is 0. The van der Waals surface area contributed by atoms with Crippen molar-refractivity contribution in [2.75, 3.05) is 0 Å². The maximum absolute atomic E-state index is 9.83. The largest absolute Gasteiger partial charge is 0.506 e. The fraction of sp³-hybridized carbons (Fsp3) is 0. The molecule has 0 saturated carbocycles. The SMILES string of the molecule is Oc1ccccc1-n1ncc2cc(Br)ccc21. The summed E-state index contributed by atoms with van der Waals surface area (Å²) < 4.78 is 2.75. The summed E-state index contributed by atoms with van der Waals surface area (Å²) in [4.78, 5) is 0. The summed E-state index contributed by atoms with van der Waals surface area (Å²) in [5.41, 5.74) is 1.65. The van der Waals surface area contributed by atoms with Crippen molar-refractivity contribution < 1.29 is 5.11 Å². The van der Waals surface area contributed by atoms with Crippen LogP contribution in [-0.2, 0) is 0 Å². The molecule has 0 spiro atoms. The van der Waals surface area contributed by atoms with Gasteiger partial charge in [0.05, 0.1) is 11.7 Å². The van der Waals surface area contributed by atoms with Gasteiger partial charge in [0.1, 0.15) is 11.4 Å². The molecule has 0 radical (unpaired) electrons. The van der Waals surface area contributed by atoms with E-state index in [2.05, 4.69) is 21.0 Å². The molecule has 0 aliphatic carbocycles. The average Bonchev–Trinajstić information content (AvgIpc) is 2.72. The van der Waals surface area contributed by atoms with Gasteiger partial charge in [-0.25, -0.2) is 4.68 Å². The third kappa shape index (κ3) is 1.70. The van der Waals surface area contributed by atoms with Gasteiger partial charge in [0.25, 0.3) is 0 Å². The van der Waals surface area contributed by atoms with Gasteiger partial charge in [0, 0.05) is 9.86 Å². The van der Waals surface area contributed by atoms with Crippen molar-refractivity contribution in [1.29, 1.82) is 0 Å². The minimum Gasteiger partial charge on any atom is -0.506 e. The fourth-order valence-corrected chi connectivity index (χ4v) is 2.22. The van der Waals surface area contributed by atoms with E-state index in [0.717, 1.165) is 15.4 Å². The molecule has 2 aromatic carbocycles. The summed E-state index contributed by atoms with van der Waals surface area (Å²) >= 11 is 3.43. The molecule has 3 rings (SSSR count).